The molecule has 0 atom stereocenters. The van der Waals surface area contributed by atoms with Crippen LogP contribution in [0.15, 0.2) is 65.5 Å². The van der Waals surface area contributed by atoms with Gasteiger partial charge in [0, 0.05) is 10.3 Å². The lowest BCUT2D eigenvalue weighted by Gasteiger charge is -2.11. The number of nitrogens with one attached hydrogen (secondary N) is 1. The first-order valence-electron chi connectivity index (χ1n) is 10.3. The molecule has 172 valence electrons. The average molecular weight is 476 g/mol. The molecular weight excluding hydrogens is 458 g/mol. The number of ether oxygens (including phenoxy) is 1. The van der Waals surface area contributed by atoms with Gasteiger partial charge in [-0.2, -0.15) is 5.10 Å². The van der Waals surface area contributed by atoms with Gasteiger partial charge < -0.3 is 20.0 Å². The van der Waals surface area contributed by atoms with Gasteiger partial charge in [0.25, 0.3) is 5.56 Å². The summed E-state index contributed by atoms with van der Waals surface area (Å²) in [6, 6.07) is 17.0. The summed E-state index contributed by atoms with van der Waals surface area (Å²) in [5, 5.41) is 18.4. The van der Waals surface area contributed by atoms with Crippen molar-refractivity contribution in [3.63, 3.8) is 0 Å². The molecule has 2 heterocycles. The summed E-state index contributed by atoms with van der Waals surface area (Å²) >= 11 is 1.18. The van der Waals surface area contributed by atoms with Gasteiger partial charge >= 0.3 is 5.97 Å². The summed E-state index contributed by atoms with van der Waals surface area (Å²) in [7, 11) is 0. The zero-order valence-electron chi connectivity index (χ0n) is 17.9. The molecule has 1 N–H and O–H groups in total. The number of amides is 1. The van der Waals surface area contributed by atoms with Gasteiger partial charge in [0.05, 0.1) is 23.5 Å². The van der Waals surface area contributed by atoms with Crippen LogP contribution in [0.2, 0.25) is 0 Å². The molecule has 0 aliphatic carbocycles. The molecule has 0 spiro atoms. The minimum atomic E-state index is -1.57. The van der Waals surface area contributed by atoms with Crippen molar-refractivity contribution in [2.45, 2.75) is 13.5 Å². The van der Waals surface area contributed by atoms with E-state index in [0.29, 0.717) is 0 Å². The number of hydrogen-bond acceptors (Lipinski definition) is 8. The van der Waals surface area contributed by atoms with E-state index >= 15 is 0 Å². The predicted molar refractivity (Wildman–Crippen MR) is 125 cm³/mol. The number of nitrogens with zero attached hydrogens (tertiary/aromatic N) is 2. The lowest BCUT2D eigenvalue weighted by atomic mass is 10.1. The van der Waals surface area contributed by atoms with Gasteiger partial charge in [-0.05, 0) is 24.6 Å². The van der Waals surface area contributed by atoms with E-state index in [2.05, 4.69) is 10.4 Å². The van der Waals surface area contributed by atoms with Crippen molar-refractivity contribution in [2.24, 2.45) is 0 Å². The van der Waals surface area contributed by atoms with Crippen LogP contribution in [0.5, 0.6) is 0 Å². The van der Waals surface area contributed by atoms with Crippen molar-refractivity contribution < 1.29 is 24.2 Å². The third kappa shape index (κ3) is 4.57. The van der Waals surface area contributed by atoms with E-state index in [4.69, 9.17) is 4.74 Å². The molecule has 9 nitrogen and oxygen atoms in total. The molecule has 0 saturated heterocycles. The minimum Gasteiger partial charge on any atom is -0.543 e. The van der Waals surface area contributed by atoms with Gasteiger partial charge in [-0.25, -0.2) is 9.48 Å². The average Bonchev–Trinajstić information content (AvgIpc) is 3.25. The normalized spacial score (nSPS) is 10.7. The van der Waals surface area contributed by atoms with Gasteiger partial charge in [0.15, 0.2) is 0 Å². The van der Waals surface area contributed by atoms with E-state index in [1.54, 1.807) is 25.1 Å². The predicted octanol–water partition coefficient (Wildman–Crippen LogP) is 2.30. The number of anilines is 1. The molecule has 34 heavy (non-hydrogen) atoms. The van der Waals surface area contributed by atoms with E-state index in [1.807, 2.05) is 30.3 Å². The highest BCUT2D eigenvalue weighted by Crippen LogP contribution is 2.36. The Morgan fingerprint density at radius 1 is 1.06 bits per heavy atom. The standard InChI is InChI=1S/C24H19N3O6S/c1-2-33-24(32)17-12-18(14-8-4-3-5-9-14)34-21(17)25-19(28)13-27-22(29)16-11-7-6-10-15(16)20(26-27)23(30)31/h3-12H,2,13H2,1H3,(H,25,28)(H,30,31)/p-1. The first-order valence-corrected chi connectivity index (χ1v) is 11.1. The van der Waals surface area contributed by atoms with E-state index in [1.165, 1.54) is 23.5 Å². The molecule has 0 aliphatic rings. The van der Waals surface area contributed by atoms with Crippen LogP contribution in [-0.2, 0) is 16.1 Å². The first kappa shape index (κ1) is 22.9. The van der Waals surface area contributed by atoms with Crippen LogP contribution in [0.25, 0.3) is 21.2 Å². The van der Waals surface area contributed by atoms with E-state index in [0.717, 1.165) is 15.1 Å². The van der Waals surface area contributed by atoms with Crippen molar-refractivity contribution in [2.75, 3.05) is 11.9 Å². The van der Waals surface area contributed by atoms with Crippen molar-refractivity contribution >= 4 is 45.0 Å². The van der Waals surface area contributed by atoms with Crippen LogP contribution < -0.4 is 16.0 Å². The molecule has 2 aromatic heterocycles. The summed E-state index contributed by atoms with van der Waals surface area (Å²) in [5.74, 6) is -2.83. The van der Waals surface area contributed by atoms with Crippen LogP contribution in [0, 0.1) is 0 Å². The molecule has 0 radical (unpaired) electrons. The van der Waals surface area contributed by atoms with Gasteiger partial charge in [-0.3, -0.25) is 9.59 Å². The molecule has 1 amide bonds. The third-order valence-electron chi connectivity index (χ3n) is 4.89. The molecule has 10 heteroatoms. The maximum Gasteiger partial charge on any atom is 0.341 e. The smallest absolute Gasteiger partial charge is 0.341 e. The summed E-state index contributed by atoms with van der Waals surface area (Å²) in [6.07, 6.45) is 0. The Kier molecular flexibility index (Phi) is 6.51. The molecule has 0 aliphatic heterocycles. The van der Waals surface area contributed by atoms with Gasteiger partial charge in [-0.1, -0.05) is 48.5 Å². The summed E-state index contributed by atoms with van der Waals surface area (Å²) in [4.78, 5) is 50.3. The molecule has 4 aromatic rings. The topological polar surface area (TPSA) is 130 Å². The molecule has 0 saturated carbocycles. The molecule has 2 aromatic carbocycles. The Balaban J connectivity index is 1.67. The number of esters is 1. The second kappa shape index (κ2) is 9.67. The number of aromatic carboxylic acids is 1. The molecule has 0 fully saturated rings. The summed E-state index contributed by atoms with van der Waals surface area (Å²) in [5.41, 5.74) is -0.0481. The Morgan fingerprint density at radius 3 is 2.41 bits per heavy atom. The fraction of sp³-hybridized carbons (Fsp3) is 0.125. The van der Waals surface area contributed by atoms with Gasteiger partial charge in [0.2, 0.25) is 5.91 Å². The summed E-state index contributed by atoms with van der Waals surface area (Å²) < 4.78 is 5.87. The van der Waals surface area contributed by atoms with E-state index < -0.39 is 35.6 Å². The Bertz CT molecular complexity index is 1460. The first-order chi connectivity index (χ1) is 16.4. The lowest BCUT2D eigenvalue weighted by molar-refractivity contribution is -0.255. The van der Waals surface area contributed by atoms with Gasteiger partial charge in [-0.15, -0.1) is 11.3 Å². The number of thiophene rings is 1. The van der Waals surface area contributed by atoms with Crippen molar-refractivity contribution in [1.82, 2.24) is 9.78 Å². The maximum atomic E-state index is 12.8. The van der Waals surface area contributed by atoms with Crippen molar-refractivity contribution in [1.29, 1.82) is 0 Å². The zero-order valence-corrected chi connectivity index (χ0v) is 18.8. The van der Waals surface area contributed by atoms with Crippen LogP contribution in [-0.4, -0.2) is 34.2 Å². The third-order valence-corrected chi connectivity index (χ3v) is 5.99. The monoisotopic (exact) mass is 476 g/mol. The number of benzene rings is 2. The SMILES string of the molecule is CCOC(=O)c1cc(-c2ccccc2)sc1NC(=O)Cn1nc(C(=O)[O-])c2ccccc2c1=O. The van der Waals surface area contributed by atoms with E-state index in [9.17, 15) is 24.3 Å². The highest BCUT2D eigenvalue weighted by Gasteiger charge is 2.21. The number of carboxylic acids is 1. The number of carbonyl (C=O) groups excluding carboxylic acids is 3. The molecule has 0 unspecified atom stereocenters. The number of hydrogen-bond donors (Lipinski definition) is 1. The van der Waals surface area contributed by atoms with Gasteiger partial charge in [0.1, 0.15) is 17.2 Å². The highest BCUT2D eigenvalue weighted by atomic mass is 32.1. The highest BCUT2D eigenvalue weighted by molar-refractivity contribution is 7.20. The summed E-state index contributed by atoms with van der Waals surface area (Å²) in [6.45, 7) is 1.27. The maximum absolute atomic E-state index is 12.8. The van der Waals surface area contributed by atoms with Crippen LogP contribution >= 0.6 is 11.3 Å². The molecule has 0 bridgehead atoms. The van der Waals surface area contributed by atoms with Crippen LogP contribution in [0.4, 0.5) is 5.00 Å². The Labute approximate surface area is 197 Å². The number of carbonyl (C=O) groups is 3. The largest absolute Gasteiger partial charge is 0.543 e. The van der Waals surface area contributed by atoms with Crippen LogP contribution in [0.3, 0.4) is 0 Å². The molecule has 4 rings (SSSR count). The fourth-order valence-corrected chi connectivity index (χ4v) is 4.45. The number of carboxylic acid groups (broad SMARTS) is 1. The Morgan fingerprint density at radius 2 is 1.74 bits per heavy atom. The number of aromatic nitrogens is 2. The number of fused-ring (bicyclic) bond motifs is 1. The molecular formula is C24H18N3O6S-. The second-order valence-electron chi connectivity index (χ2n) is 7.13. The Hall–Kier alpha value is -4.31. The van der Waals surface area contributed by atoms with E-state index in [-0.39, 0.29) is 27.9 Å². The second-order valence-corrected chi connectivity index (χ2v) is 8.18. The zero-order chi connectivity index (χ0) is 24.2. The minimum absolute atomic E-state index is 0.0965. The van der Waals surface area contributed by atoms with Crippen molar-refractivity contribution in [3.05, 3.63) is 82.3 Å². The van der Waals surface area contributed by atoms with Crippen LogP contribution in [0.1, 0.15) is 27.8 Å². The lowest BCUT2D eigenvalue weighted by Crippen LogP contribution is -2.34. The quantitative estimate of drug-likeness (QED) is 0.405. The van der Waals surface area contributed by atoms with Crippen molar-refractivity contribution in [3.8, 4) is 10.4 Å². The number of rotatable bonds is 7. The fourth-order valence-electron chi connectivity index (χ4n) is 3.38.